The van der Waals surface area contributed by atoms with Crippen molar-refractivity contribution in [2.75, 3.05) is 25.6 Å². The topological polar surface area (TPSA) is 24.8 Å². The maximum Gasteiger partial charge on any atom is 0.216 e. The molecule has 16 heavy (non-hydrogen) atoms. The zero-order chi connectivity index (χ0) is 11.8. The number of nitrogens with zero attached hydrogens (tertiary/aromatic N) is 2. The van der Waals surface area contributed by atoms with E-state index in [2.05, 4.69) is 48.0 Å². The van der Waals surface area contributed by atoms with E-state index in [9.17, 15) is 0 Å². The molecule has 1 aliphatic heterocycles. The first kappa shape index (κ1) is 11.0. The van der Waals surface area contributed by atoms with Crippen LogP contribution in [0.1, 0.15) is 19.4 Å². The van der Waals surface area contributed by atoms with Gasteiger partial charge >= 0.3 is 0 Å². The smallest absolute Gasteiger partial charge is 0.216 e. The van der Waals surface area contributed by atoms with Gasteiger partial charge in [0.25, 0.3) is 0 Å². The van der Waals surface area contributed by atoms with Gasteiger partial charge in [0.05, 0.1) is 5.54 Å². The normalized spacial score (nSPS) is 17.9. The van der Waals surface area contributed by atoms with E-state index in [1.807, 2.05) is 14.1 Å². The summed E-state index contributed by atoms with van der Waals surface area (Å²) < 4.78 is 5.59. The Morgan fingerprint density at radius 3 is 2.25 bits per heavy atom. The molecule has 2 rings (SSSR count). The lowest BCUT2D eigenvalue weighted by Crippen LogP contribution is -2.17. The third kappa shape index (κ3) is 2.18. The number of benzene rings is 1. The molecule has 0 aromatic heterocycles. The van der Waals surface area contributed by atoms with E-state index in [0.717, 1.165) is 11.5 Å². The predicted octanol–water partition coefficient (Wildman–Crippen LogP) is 2.31. The van der Waals surface area contributed by atoms with Gasteiger partial charge in [0, 0.05) is 25.3 Å². The molecule has 1 aliphatic rings. The average Bonchev–Trinajstić information content (AvgIpc) is 2.59. The number of rotatable bonds is 2. The van der Waals surface area contributed by atoms with Crippen LogP contribution >= 0.6 is 0 Å². The lowest BCUT2D eigenvalue weighted by molar-refractivity contribution is 0.279. The molecule has 86 valence electrons. The van der Waals surface area contributed by atoms with Gasteiger partial charge in [0.2, 0.25) is 5.90 Å². The van der Waals surface area contributed by atoms with Gasteiger partial charge in [-0.2, -0.15) is 0 Å². The molecule has 0 saturated carbocycles. The fourth-order valence-corrected chi connectivity index (χ4v) is 1.63. The summed E-state index contributed by atoms with van der Waals surface area (Å²) in [6, 6.07) is 8.25. The minimum absolute atomic E-state index is 0.0877. The molecule has 0 aliphatic carbocycles. The average molecular weight is 218 g/mol. The van der Waals surface area contributed by atoms with Crippen LogP contribution in [0, 0.1) is 0 Å². The van der Waals surface area contributed by atoms with Crippen molar-refractivity contribution < 1.29 is 4.74 Å². The van der Waals surface area contributed by atoms with Gasteiger partial charge in [-0.15, -0.1) is 0 Å². The number of hydrogen-bond acceptors (Lipinski definition) is 3. The Hall–Kier alpha value is -1.51. The largest absolute Gasteiger partial charge is 0.475 e. The fourth-order valence-electron chi connectivity index (χ4n) is 1.63. The van der Waals surface area contributed by atoms with Crippen LogP contribution in [0.3, 0.4) is 0 Å². The minimum Gasteiger partial charge on any atom is -0.475 e. The molecule has 3 heteroatoms. The maximum atomic E-state index is 5.59. The van der Waals surface area contributed by atoms with Gasteiger partial charge in [-0.1, -0.05) is 0 Å². The third-order valence-electron chi connectivity index (χ3n) is 2.60. The molecular formula is C13H18N2O. The SMILES string of the molecule is CN(C)c1ccc(C2=NC(C)(C)CO2)cc1. The highest BCUT2D eigenvalue weighted by molar-refractivity contribution is 5.95. The third-order valence-corrected chi connectivity index (χ3v) is 2.60. The Morgan fingerprint density at radius 1 is 1.19 bits per heavy atom. The van der Waals surface area contributed by atoms with Gasteiger partial charge in [0.1, 0.15) is 6.61 Å². The minimum atomic E-state index is -0.0877. The van der Waals surface area contributed by atoms with E-state index >= 15 is 0 Å². The molecule has 0 atom stereocenters. The maximum absolute atomic E-state index is 5.59. The van der Waals surface area contributed by atoms with Crippen molar-refractivity contribution in [3.05, 3.63) is 29.8 Å². The van der Waals surface area contributed by atoms with Crippen molar-refractivity contribution in [2.45, 2.75) is 19.4 Å². The van der Waals surface area contributed by atoms with Crippen molar-refractivity contribution in [3.63, 3.8) is 0 Å². The number of anilines is 1. The van der Waals surface area contributed by atoms with Gasteiger partial charge in [-0.25, -0.2) is 4.99 Å². The molecule has 0 saturated heterocycles. The van der Waals surface area contributed by atoms with Crippen molar-refractivity contribution in [1.29, 1.82) is 0 Å². The summed E-state index contributed by atoms with van der Waals surface area (Å²) in [6.07, 6.45) is 0. The molecule has 1 aromatic carbocycles. The predicted molar refractivity (Wildman–Crippen MR) is 67.3 cm³/mol. The van der Waals surface area contributed by atoms with Crippen LogP contribution in [0.5, 0.6) is 0 Å². The van der Waals surface area contributed by atoms with Crippen LogP contribution in [0.4, 0.5) is 5.69 Å². The highest BCUT2D eigenvalue weighted by Crippen LogP contribution is 2.21. The Balaban J connectivity index is 2.23. The zero-order valence-corrected chi connectivity index (χ0v) is 10.3. The molecule has 0 radical (unpaired) electrons. The van der Waals surface area contributed by atoms with E-state index in [0.29, 0.717) is 6.61 Å². The van der Waals surface area contributed by atoms with Gasteiger partial charge in [-0.05, 0) is 38.1 Å². The van der Waals surface area contributed by atoms with Gasteiger partial charge in [-0.3, -0.25) is 0 Å². The molecule has 0 spiro atoms. The Morgan fingerprint density at radius 2 is 1.81 bits per heavy atom. The zero-order valence-electron chi connectivity index (χ0n) is 10.3. The second kappa shape index (κ2) is 3.81. The monoisotopic (exact) mass is 218 g/mol. The van der Waals surface area contributed by atoms with Crippen molar-refractivity contribution in [3.8, 4) is 0 Å². The molecule has 1 heterocycles. The molecule has 0 N–H and O–H groups in total. The summed E-state index contributed by atoms with van der Waals surface area (Å²) in [6.45, 7) is 4.82. The Kier molecular flexibility index (Phi) is 2.62. The summed E-state index contributed by atoms with van der Waals surface area (Å²) in [7, 11) is 4.06. The first-order valence-corrected chi connectivity index (χ1v) is 5.48. The van der Waals surface area contributed by atoms with E-state index in [4.69, 9.17) is 4.74 Å². The Labute approximate surface area is 96.7 Å². The summed E-state index contributed by atoms with van der Waals surface area (Å²) in [4.78, 5) is 6.62. The second-order valence-electron chi connectivity index (χ2n) is 4.96. The summed E-state index contributed by atoms with van der Waals surface area (Å²) in [5, 5.41) is 0. The van der Waals surface area contributed by atoms with Gasteiger partial charge in [0.15, 0.2) is 0 Å². The molecule has 0 unspecified atom stereocenters. The number of ether oxygens (including phenoxy) is 1. The fraction of sp³-hybridized carbons (Fsp3) is 0.462. The first-order valence-electron chi connectivity index (χ1n) is 5.48. The highest BCUT2D eigenvalue weighted by atomic mass is 16.5. The molecule has 3 nitrogen and oxygen atoms in total. The van der Waals surface area contributed by atoms with Crippen molar-refractivity contribution in [1.82, 2.24) is 0 Å². The van der Waals surface area contributed by atoms with Crippen LogP contribution in [-0.4, -0.2) is 32.1 Å². The van der Waals surface area contributed by atoms with Gasteiger partial charge < -0.3 is 9.64 Å². The molecular weight excluding hydrogens is 200 g/mol. The molecule has 0 fully saturated rings. The summed E-state index contributed by atoms with van der Waals surface area (Å²) in [5.74, 6) is 0.760. The van der Waals surface area contributed by atoms with E-state index in [-0.39, 0.29) is 5.54 Å². The summed E-state index contributed by atoms with van der Waals surface area (Å²) in [5.41, 5.74) is 2.15. The van der Waals surface area contributed by atoms with Crippen LogP contribution < -0.4 is 4.90 Å². The molecule has 1 aromatic rings. The van der Waals surface area contributed by atoms with E-state index in [1.54, 1.807) is 0 Å². The van der Waals surface area contributed by atoms with Crippen LogP contribution in [0.2, 0.25) is 0 Å². The van der Waals surface area contributed by atoms with Crippen LogP contribution in [0.15, 0.2) is 29.3 Å². The lowest BCUT2D eigenvalue weighted by Gasteiger charge is -2.12. The standard InChI is InChI=1S/C13H18N2O/c1-13(2)9-16-12(14-13)10-5-7-11(8-6-10)15(3)4/h5-8H,9H2,1-4H3. The number of hydrogen-bond donors (Lipinski definition) is 0. The number of aliphatic imine (C=N–C) groups is 1. The van der Waals surface area contributed by atoms with Crippen molar-refractivity contribution >= 4 is 11.6 Å². The summed E-state index contributed by atoms with van der Waals surface area (Å²) >= 11 is 0. The van der Waals surface area contributed by atoms with Crippen LogP contribution in [0.25, 0.3) is 0 Å². The molecule has 0 bridgehead atoms. The lowest BCUT2D eigenvalue weighted by atomic mass is 10.1. The Bertz CT molecular complexity index is 404. The first-order chi connectivity index (χ1) is 7.48. The van der Waals surface area contributed by atoms with E-state index in [1.165, 1.54) is 5.69 Å². The van der Waals surface area contributed by atoms with Crippen molar-refractivity contribution in [2.24, 2.45) is 4.99 Å². The quantitative estimate of drug-likeness (QED) is 0.761. The second-order valence-corrected chi connectivity index (χ2v) is 4.96. The van der Waals surface area contributed by atoms with E-state index < -0.39 is 0 Å². The highest BCUT2D eigenvalue weighted by Gasteiger charge is 2.26. The van der Waals surface area contributed by atoms with Crippen LogP contribution in [-0.2, 0) is 4.74 Å². The molecule has 0 amide bonds.